The molecule has 0 amide bonds. The Kier molecular flexibility index (Phi) is 2.54. The van der Waals surface area contributed by atoms with Crippen molar-refractivity contribution in [1.82, 2.24) is 5.32 Å². The second-order valence-electron chi connectivity index (χ2n) is 4.22. The average Bonchev–Trinajstić information content (AvgIpc) is 2.74. The van der Waals surface area contributed by atoms with Crippen LogP contribution in [0.4, 0.5) is 0 Å². The SMILES string of the molecule is Oc1cccc(C2NCc3c(Cl)cccc32)c1. The third kappa shape index (κ3) is 1.79. The van der Waals surface area contributed by atoms with E-state index in [0.29, 0.717) is 5.75 Å². The Labute approximate surface area is 105 Å². The molecule has 0 radical (unpaired) electrons. The van der Waals surface area contributed by atoms with Gasteiger partial charge in [0.05, 0.1) is 6.04 Å². The molecule has 1 aliphatic rings. The van der Waals surface area contributed by atoms with Gasteiger partial charge in [-0.1, -0.05) is 35.9 Å². The zero-order chi connectivity index (χ0) is 11.8. The Bertz CT molecular complexity index is 568. The summed E-state index contributed by atoms with van der Waals surface area (Å²) in [6, 6.07) is 13.4. The van der Waals surface area contributed by atoms with E-state index in [1.54, 1.807) is 12.1 Å². The fourth-order valence-electron chi connectivity index (χ4n) is 2.35. The van der Waals surface area contributed by atoms with Crippen LogP contribution in [-0.2, 0) is 6.54 Å². The Balaban J connectivity index is 2.07. The van der Waals surface area contributed by atoms with Gasteiger partial charge in [-0.05, 0) is 34.9 Å². The molecular formula is C14H12ClNO. The van der Waals surface area contributed by atoms with Gasteiger partial charge in [-0.25, -0.2) is 0 Å². The molecule has 1 atom stereocenters. The Morgan fingerprint density at radius 3 is 2.82 bits per heavy atom. The van der Waals surface area contributed by atoms with Crippen molar-refractivity contribution in [3.63, 3.8) is 0 Å². The normalized spacial score (nSPS) is 18.1. The van der Waals surface area contributed by atoms with Crippen LogP contribution >= 0.6 is 11.6 Å². The predicted molar refractivity (Wildman–Crippen MR) is 68.2 cm³/mol. The number of phenols is 1. The van der Waals surface area contributed by atoms with Gasteiger partial charge in [0.2, 0.25) is 0 Å². The first-order chi connectivity index (χ1) is 8.25. The lowest BCUT2D eigenvalue weighted by Crippen LogP contribution is -2.12. The molecule has 2 aromatic carbocycles. The molecule has 3 rings (SSSR count). The highest BCUT2D eigenvalue weighted by Crippen LogP contribution is 2.35. The Hall–Kier alpha value is -1.51. The van der Waals surface area contributed by atoms with Gasteiger partial charge in [-0.15, -0.1) is 0 Å². The lowest BCUT2D eigenvalue weighted by atomic mass is 9.98. The summed E-state index contributed by atoms with van der Waals surface area (Å²) in [7, 11) is 0. The van der Waals surface area contributed by atoms with Gasteiger partial charge < -0.3 is 10.4 Å². The van der Waals surface area contributed by atoms with E-state index in [0.717, 1.165) is 22.7 Å². The number of phenolic OH excluding ortho intramolecular Hbond substituents is 1. The van der Waals surface area contributed by atoms with Crippen LogP contribution < -0.4 is 5.32 Å². The van der Waals surface area contributed by atoms with Crippen molar-refractivity contribution in [1.29, 1.82) is 0 Å². The minimum Gasteiger partial charge on any atom is -0.508 e. The fourth-order valence-corrected chi connectivity index (χ4v) is 2.60. The number of rotatable bonds is 1. The largest absolute Gasteiger partial charge is 0.508 e. The Morgan fingerprint density at radius 1 is 1.18 bits per heavy atom. The quantitative estimate of drug-likeness (QED) is 0.809. The molecule has 86 valence electrons. The van der Waals surface area contributed by atoms with Crippen LogP contribution in [0.5, 0.6) is 5.75 Å². The van der Waals surface area contributed by atoms with Crippen molar-refractivity contribution in [3.8, 4) is 5.75 Å². The number of aromatic hydroxyl groups is 1. The summed E-state index contributed by atoms with van der Waals surface area (Å²) in [5, 5.41) is 13.7. The van der Waals surface area contributed by atoms with Crippen LogP contribution in [0.1, 0.15) is 22.7 Å². The van der Waals surface area contributed by atoms with Crippen LogP contribution in [0.3, 0.4) is 0 Å². The second-order valence-corrected chi connectivity index (χ2v) is 4.62. The van der Waals surface area contributed by atoms with Gasteiger partial charge in [0.1, 0.15) is 5.75 Å². The monoisotopic (exact) mass is 245 g/mol. The van der Waals surface area contributed by atoms with E-state index in [1.165, 1.54) is 5.56 Å². The smallest absolute Gasteiger partial charge is 0.115 e. The topological polar surface area (TPSA) is 32.3 Å². The van der Waals surface area contributed by atoms with E-state index in [-0.39, 0.29) is 6.04 Å². The number of hydrogen-bond acceptors (Lipinski definition) is 2. The average molecular weight is 246 g/mol. The zero-order valence-corrected chi connectivity index (χ0v) is 9.91. The molecule has 0 saturated heterocycles. The summed E-state index contributed by atoms with van der Waals surface area (Å²) in [5.74, 6) is 0.291. The maximum atomic E-state index is 9.52. The molecule has 1 unspecified atom stereocenters. The van der Waals surface area contributed by atoms with Crippen LogP contribution in [0, 0.1) is 0 Å². The number of fused-ring (bicyclic) bond motifs is 1. The second kappa shape index (κ2) is 4.06. The first-order valence-corrected chi connectivity index (χ1v) is 5.93. The summed E-state index contributed by atoms with van der Waals surface area (Å²) in [6.45, 7) is 0.773. The predicted octanol–water partition coefficient (Wildman–Crippen LogP) is 3.24. The molecule has 0 aliphatic carbocycles. The molecule has 0 bridgehead atoms. The highest BCUT2D eigenvalue weighted by molar-refractivity contribution is 6.31. The lowest BCUT2D eigenvalue weighted by Gasteiger charge is -2.12. The summed E-state index contributed by atoms with van der Waals surface area (Å²) in [4.78, 5) is 0. The summed E-state index contributed by atoms with van der Waals surface area (Å²) < 4.78 is 0. The molecule has 2 nitrogen and oxygen atoms in total. The summed E-state index contributed by atoms with van der Waals surface area (Å²) >= 11 is 6.16. The molecule has 1 aliphatic heterocycles. The van der Waals surface area contributed by atoms with Crippen molar-refractivity contribution >= 4 is 11.6 Å². The van der Waals surface area contributed by atoms with E-state index in [9.17, 15) is 5.11 Å². The fraction of sp³-hybridized carbons (Fsp3) is 0.143. The first-order valence-electron chi connectivity index (χ1n) is 5.55. The van der Waals surface area contributed by atoms with E-state index >= 15 is 0 Å². The van der Waals surface area contributed by atoms with E-state index < -0.39 is 0 Å². The molecule has 2 N–H and O–H groups in total. The maximum absolute atomic E-state index is 9.52. The third-order valence-corrected chi connectivity index (χ3v) is 3.51. The molecule has 3 heteroatoms. The molecular weight excluding hydrogens is 234 g/mol. The first kappa shape index (κ1) is 10.6. The van der Waals surface area contributed by atoms with Crippen molar-refractivity contribution in [2.75, 3.05) is 0 Å². The summed E-state index contributed by atoms with van der Waals surface area (Å²) in [6.07, 6.45) is 0. The van der Waals surface area contributed by atoms with Crippen LogP contribution in [0.2, 0.25) is 5.02 Å². The van der Waals surface area contributed by atoms with Gasteiger partial charge in [0, 0.05) is 11.6 Å². The number of benzene rings is 2. The van der Waals surface area contributed by atoms with Gasteiger partial charge >= 0.3 is 0 Å². The minimum absolute atomic E-state index is 0.121. The van der Waals surface area contributed by atoms with Crippen LogP contribution in [-0.4, -0.2) is 5.11 Å². The van der Waals surface area contributed by atoms with Gasteiger partial charge in [-0.3, -0.25) is 0 Å². The molecule has 0 spiro atoms. The number of nitrogens with one attached hydrogen (secondary N) is 1. The number of hydrogen-bond donors (Lipinski definition) is 2. The third-order valence-electron chi connectivity index (χ3n) is 3.15. The van der Waals surface area contributed by atoms with Gasteiger partial charge in [0.25, 0.3) is 0 Å². The zero-order valence-electron chi connectivity index (χ0n) is 9.15. The number of halogens is 1. The Morgan fingerprint density at radius 2 is 2.00 bits per heavy atom. The minimum atomic E-state index is 0.121. The molecule has 0 fully saturated rings. The highest BCUT2D eigenvalue weighted by Gasteiger charge is 2.24. The standard InChI is InChI=1S/C14H12ClNO/c15-13-6-2-5-11-12(13)8-16-14(11)9-3-1-4-10(17)7-9/h1-7,14,16-17H,8H2. The van der Waals surface area contributed by atoms with Crippen LogP contribution in [0.25, 0.3) is 0 Å². The molecule has 0 saturated carbocycles. The molecule has 0 aromatic heterocycles. The van der Waals surface area contributed by atoms with Crippen molar-refractivity contribution in [3.05, 3.63) is 64.2 Å². The van der Waals surface area contributed by atoms with Gasteiger partial charge in [0.15, 0.2) is 0 Å². The molecule has 2 aromatic rings. The highest BCUT2D eigenvalue weighted by atomic mass is 35.5. The van der Waals surface area contributed by atoms with Crippen molar-refractivity contribution < 1.29 is 5.11 Å². The lowest BCUT2D eigenvalue weighted by molar-refractivity contribution is 0.473. The van der Waals surface area contributed by atoms with Crippen molar-refractivity contribution in [2.24, 2.45) is 0 Å². The maximum Gasteiger partial charge on any atom is 0.115 e. The van der Waals surface area contributed by atoms with Crippen LogP contribution in [0.15, 0.2) is 42.5 Å². The molecule has 1 heterocycles. The van der Waals surface area contributed by atoms with E-state index in [4.69, 9.17) is 11.6 Å². The van der Waals surface area contributed by atoms with E-state index in [1.807, 2.05) is 24.3 Å². The summed E-state index contributed by atoms with van der Waals surface area (Å²) in [5.41, 5.74) is 3.41. The van der Waals surface area contributed by atoms with Gasteiger partial charge in [-0.2, -0.15) is 0 Å². The van der Waals surface area contributed by atoms with E-state index in [2.05, 4.69) is 11.4 Å². The molecule has 17 heavy (non-hydrogen) atoms. The van der Waals surface area contributed by atoms with Crippen molar-refractivity contribution in [2.45, 2.75) is 12.6 Å².